The number of fused-ring (bicyclic) bond motifs is 1. The Kier molecular flexibility index (Phi) is 2.99. The van der Waals surface area contributed by atoms with Crippen molar-refractivity contribution in [1.29, 1.82) is 0 Å². The topological polar surface area (TPSA) is 38.9 Å². The number of furan rings is 1. The summed E-state index contributed by atoms with van der Waals surface area (Å²) < 4.78 is 5.52. The van der Waals surface area contributed by atoms with Gasteiger partial charge in [0.05, 0.1) is 5.56 Å². The van der Waals surface area contributed by atoms with E-state index in [1.807, 2.05) is 38.1 Å². The molecule has 0 bridgehead atoms. The summed E-state index contributed by atoms with van der Waals surface area (Å²) in [5.74, 6) is 0.615. The Labute approximate surface area is 116 Å². The molecule has 19 heavy (non-hydrogen) atoms. The molecule has 1 aromatic carbocycles. The van der Waals surface area contributed by atoms with E-state index in [4.69, 9.17) is 16.0 Å². The predicted octanol–water partition coefficient (Wildman–Crippen LogP) is 4.41. The lowest BCUT2D eigenvalue weighted by Crippen LogP contribution is -1.98. The summed E-state index contributed by atoms with van der Waals surface area (Å²) in [6.07, 6.45) is 2.51. The van der Waals surface area contributed by atoms with Gasteiger partial charge in [0, 0.05) is 16.6 Å². The van der Waals surface area contributed by atoms with Crippen molar-refractivity contribution >= 4 is 22.6 Å². The Morgan fingerprint density at radius 2 is 2.00 bits per heavy atom. The third kappa shape index (κ3) is 2.00. The van der Waals surface area contributed by atoms with Crippen molar-refractivity contribution in [2.75, 3.05) is 0 Å². The molecule has 2 aromatic heterocycles. The summed E-state index contributed by atoms with van der Waals surface area (Å²) in [4.78, 5) is 8.93. The zero-order chi connectivity index (χ0) is 13.4. The van der Waals surface area contributed by atoms with Crippen molar-refractivity contribution in [2.45, 2.75) is 20.3 Å². The molecule has 4 heteroatoms. The second-order valence-corrected chi connectivity index (χ2v) is 4.76. The number of benzene rings is 1. The van der Waals surface area contributed by atoms with Gasteiger partial charge in [-0.05, 0) is 19.4 Å². The molecule has 0 saturated heterocycles. The first-order valence-corrected chi connectivity index (χ1v) is 6.58. The van der Waals surface area contributed by atoms with Crippen molar-refractivity contribution in [3.05, 3.63) is 46.9 Å². The van der Waals surface area contributed by atoms with E-state index in [1.165, 1.54) is 0 Å². The Hall–Kier alpha value is -1.87. The first-order valence-electron chi connectivity index (χ1n) is 6.20. The maximum Gasteiger partial charge on any atom is 0.164 e. The van der Waals surface area contributed by atoms with Crippen molar-refractivity contribution in [1.82, 2.24) is 9.97 Å². The fourth-order valence-corrected chi connectivity index (χ4v) is 2.58. The van der Waals surface area contributed by atoms with E-state index < -0.39 is 0 Å². The summed E-state index contributed by atoms with van der Waals surface area (Å²) in [6.45, 7) is 4.00. The highest BCUT2D eigenvalue weighted by Gasteiger charge is 2.14. The Morgan fingerprint density at radius 3 is 2.74 bits per heavy atom. The maximum absolute atomic E-state index is 6.22. The van der Waals surface area contributed by atoms with Gasteiger partial charge in [-0.1, -0.05) is 36.7 Å². The van der Waals surface area contributed by atoms with Crippen LogP contribution < -0.4 is 0 Å². The van der Waals surface area contributed by atoms with Crippen molar-refractivity contribution in [2.24, 2.45) is 0 Å². The fourth-order valence-electron chi connectivity index (χ4n) is 2.23. The van der Waals surface area contributed by atoms with E-state index in [0.29, 0.717) is 11.0 Å². The number of aryl methyl sites for hydroxylation is 1. The van der Waals surface area contributed by atoms with Crippen LogP contribution in [-0.4, -0.2) is 9.97 Å². The molecule has 0 spiro atoms. The average molecular weight is 273 g/mol. The minimum atomic E-state index is 0.523. The predicted molar refractivity (Wildman–Crippen MR) is 76.4 cm³/mol. The van der Waals surface area contributed by atoms with Crippen LogP contribution in [0.2, 0.25) is 5.15 Å². The van der Waals surface area contributed by atoms with Gasteiger partial charge in [0.15, 0.2) is 5.82 Å². The zero-order valence-corrected chi connectivity index (χ0v) is 11.5. The highest BCUT2D eigenvalue weighted by molar-refractivity contribution is 6.30. The maximum atomic E-state index is 6.22. The number of para-hydroxylation sites is 1. The lowest BCUT2D eigenvalue weighted by Gasteiger charge is -2.06. The van der Waals surface area contributed by atoms with Crippen LogP contribution in [0.25, 0.3) is 22.4 Å². The van der Waals surface area contributed by atoms with Gasteiger partial charge in [-0.3, -0.25) is 0 Å². The van der Waals surface area contributed by atoms with Crippen LogP contribution in [0.5, 0.6) is 0 Å². The molecule has 0 aliphatic heterocycles. The number of aromatic nitrogens is 2. The number of halogens is 1. The van der Waals surface area contributed by atoms with Gasteiger partial charge < -0.3 is 4.42 Å². The van der Waals surface area contributed by atoms with E-state index in [2.05, 4.69) is 9.97 Å². The summed E-state index contributed by atoms with van der Waals surface area (Å²) in [7, 11) is 0. The van der Waals surface area contributed by atoms with E-state index >= 15 is 0 Å². The van der Waals surface area contributed by atoms with Gasteiger partial charge >= 0.3 is 0 Å². The smallest absolute Gasteiger partial charge is 0.164 e. The Balaban J connectivity index is 2.22. The normalized spacial score (nSPS) is 11.1. The third-order valence-corrected chi connectivity index (χ3v) is 3.55. The van der Waals surface area contributed by atoms with Crippen molar-refractivity contribution in [3.8, 4) is 11.4 Å². The van der Waals surface area contributed by atoms with Gasteiger partial charge in [0.1, 0.15) is 17.0 Å². The second-order valence-electron chi connectivity index (χ2n) is 4.40. The molecular weight excluding hydrogens is 260 g/mol. The standard InChI is InChI=1S/C15H13ClN2O/c1-3-10-9(2)17-15(18-14(10)16)12-8-19-13-7-5-4-6-11(12)13/h4-8H,3H2,1-2H3. The van der Waals surface area contributed by atoms with Gasteiger partial charge in [-0.25, -0.2) is 9.97 Å². The highest BCUT2D eigenvalue weighted by atomic mass is 35.5. The molecule has 0 fully saturated rings. The largest absolute Gasteiger partial charge is 0.464 e. The monoisotopic (exact) mass is 272 g/mol. The van der Waals surface area contributed by atoms with E-state index in [9.17, 15) is 0 Å². The molecule has 0 radical (unpaired) electrons. The molecule has 0 atom stereocenters. The summed E-state index contributed by atoms with van der Waals surface area (Å²) in [5, 5.41) is 1.53. The van der Waals surface area contributed by atoms with Crippen LogP contribution >= 0.6 is 11.6 Å². The van der Waals surface area contributed by atoms with Crippen molar-refractivity contribution in [3.63, 3.8) is 0 Å². The van der Waals surface area contributed by atoms with Crippen LogP contribution in [0, 0.1) is 6.92 Å². The molecule has 96 valence electrons. The van der Waals surface area contributed by atoms with Crippen LogP contribution in [-0.2, 0) is 6.42 Å². The Bertz CT molecular complexity index is 726. The van der Waals surface area contributed by atoms with Gasteiger partial charge in [0.2, 0.25) is 0 Å². The average Bonchev–Trinajstić information content (AvgIpc) is 2.82. The molecule has 3 rings (SSSR count). The number of nitrogens with zero attached hydrogens (tertiary/aromatic N) is 2. The lowest BCUT2D eigenvalue weighted by molar-refractivity contribution is 0.616. The lowest BCUT2D eigenvalue weighted by atomic mass is 10.1. The summed E-state index contributed by atoms with van der Waals surface area (Å²) >= 11 is 6.22. The molecule has 0 unspecified atom stereocenters. The minimum absolute atomic E-state index is 0.523. The molecule has 2 heterocycles. The second kappa shape index (κ2) is 4.67. The molecule has 0 amide bonds. The molecule has 0 N–H and O–H groups in total. The highest BCUT2D eigenvalue weighted by Crippen LogP contribution is 2.30. The van der Waals surface area contributed by atoms with Crippen LogP contribution in [0.4, 0.5) is 0 Å². The molecular formula is C15H13ClN2O. The zero-order valence-electron chi connectivity index (χ0n) is 10.8. The SMILES string of the molecule is CCc1c(C)nc(-c2coc3ccccc23)nc1Cl. The molecule has 0 aliphatic carbocycles. The first-order chi connectivity index (χ1) is 9.20. The first kappa shape index (κ1) is 12.2. The van der Waals surface area contributed by atoms with E-state index in [1.54, 1.807) is 6.26 Å². The van der Waals surface area contributed by atoms with Crippen molar-refractivity contribution < 1.29 is 4.42 Å². The van der Waals surface area contributed by atoms with Crippen LogP contribution in [0.3, 0.4) is 0 Å². The molecule has 3 aromatic rings. The van der Waals surface area contributed by atoms with Gasteiger partial charge in [-0.15, -0.1) is 0 Å². The van der Waals surface area contributed by atoms with E-state index in [0.717, 1.165) is 34.2 Å². The quantitative estimate of drug-likeness (QED) is 0.649. The number of rotatable bonds is 2. The molecule has 0 saturated carbocycles. The van der Waals surface area contributed by atoms with Crippen LogP contribution in [0.15, 0.2) is 34.9 Å². The summed E-state index contributed by atoms with van der Waals surface area (Å²) in [5.41, 5.74) is 3.62. The fraction of sp³-hybridized carbons (Fsp3) is 0.200. The molecule has 3 nitrogen and oxygen atoms in total. The molecule has 0 aliphatic rings. The third-order valence-electron chi connectivity index (χ3n) is 3.24. The van der Waals surface area contributed by atoms with Gasteiger partial charge in [0.25, 0.3) is 0 Å². The minimum Gasteiger partial charge on any atom is -0.464 e. The number of hydrogen-bond acceptors (Lipinski definition) is 3. The van der Waals surface area contributed by atoms with Gasteiger partial charge in [-0.2, -0.15) is 0 Å². The Morgan fingerprint density at radius 1 is 1.21 bits per heavy atom. The van der Waals surface area contributed by atoms with Crippen LogP contribution in [0.1, 0.15) is 18.2 Å². The number of hydrogen-bond donors (Lipinski definition) is 0. The van der Waals surface area contributed by atoms with E-state index in [-0.39, 0.29) is 0 Å². The summed E-state index contributed by atoms with van der Waals surface area (Å²) in [6, 6.07) is 7.83.